The largest absolute Gasteiger partial charge is 0.497 e. The predicted molar refractivity (Wildman–Crippen MR) is 114 cm³/mol. The van der Waals surface area contributed by atoms with Gasteiger partial charge in [0.05, 0.1) is 13.0 Å². The minimum atomic E-state index is -0.300. The lowest BCUT2D eigenvalue weighted by Gasteiger charge is -2.27. The third-order valence-corrected chi connectivity index (χ3v) is 5.91. The van der Waals surface area contributed by atoms with Gasteiger partial charge in [0.1, 0.15) is 5.75 Å². The molecule has 0 saturated carbocycles. The zero-order valence-electron chi connectivity index (χ0n) is 17.3. The highest BCUT2D eigenvalue weighted by Gasteiger charge is 2.42. The summed E-state index contributed by atoms with van der Waals surface area (Å²) in [6.07, 6.45) is 0. The third kappa shape index (κ3) is 4.56. The first kappa shape index (κ1) is 21.2. The van der Waals surface area contributed by atoms with Gasteiger partial charge in [-0.2, -0.15) is 0 Å². The minimum Gasteiger partial charge on any atom is -0.497 e. The summed E-state index contributed by atoms with van der Waals surface area (Å²) < 4.78 is 5.36. The molecule has 2 unspecified atom stereocenters. The maximum Gasteiger partial charge on any atom is 0.253 e. The SMILES string of the molecule is COc1cccc(C2CN(C(=O)c3ccc(Cl)cc3)CC2C(=O)N(C)C(C)C)c1. The van der Waals surface area contributed by atoms with Gasteiger partial charge in [0.25, 0.3) is 5.91 Å². The predicted octanol–water partition coefficient (Wildman–Crippen LogP) is 4.07. The van der Waals surface area contributed by atoms with Crippen LogP contribution in [-0.4, -0.2) is 54.9 Å². The quantitative estimate of drug-likeness (QED) is 0.741. The number of halogens is 1. The van der Waals surface area contributed by atoms with Crippen molar-refractivity contribution in [1.82, 2.24) is 9.80 Å². The highest BCUT2D eigenvalue weighted by atomic mass is 35.5. The summed E-state index contributed by atoms with van der Waals surface area (Å²) in [5, 5.41) is 0.587. The number of carbonyl (C=O) groups is 2. The maximum atomic E-state index is 13.2. The number of likely N-dealkylation sites (tertiary alicyclic amines) is 1. The van der Waals surface area contributed by atoms with E-state index < -0.39 is 0 Å². The molecular formula is C23H27ClN2O3. The van der Waals surface area contributed by atoms with Crippen LogP contribution in [0.5, 0.6) is 5.75 Å². The fraction of sp³-hybridized carbons (Fsp3) is 0.391. The lowest BCUT2D eigenvalue weighted by atomic mass is 9.87. The van der Waals surface area contributed by atoms with Crippen LogP contribution in [-0.2, 0) is 4.79 Å². The van der Waals surface area contributed by atoms with E-state index in [-0.39, 0.29) is 29.7 Å². The van der Waals surface area contributed by atoms with Gasteiger partial charge in [0.15, 0.2) is 0 Å². The van der Waals surface area contributed by atoms with Gasteiger partial charge >= 0.3 is 0 Å². The molecule has 1 saturated heterocycles. The minimum absolute atomic E-state index is 0.0548. The van der Waals surface area contributed by atoms with Crippen molar-refractivity contribution in [2.24, 2.45) is 5.92 Å². The first-order chi connectivity index (χ1) is 13.8. The number of rotatable bonds is 5. The molecule has 5 nitrogen and oxygen atoms in total. The topological polar surface area (TPSA) is 49.9 Å². The molecule has 1 heterocycles. The smallest absolute Gasteiger partial charge is 0.253 e. The molecule has 6 heteroatoms. The van der Waals surface area contributed by atoms with E-state index in [1.165, 1.54) is 0 Å². The second-order valence-corrected chi connectivity index (χ2v) is 8.19. The van der Waals surface area contributed by atoms with Crippen molar-refractivity contribution in [1.29, 1.82) is 0 Å². The van der Waals surface area contributed by atoms with Crippen LogP contribution < -0.4 is 4.74 Å². The molecule has 29 heavy (non-hydrogen) atoms. The van der Waals surface area contributed by atoms with Gasteiger partial charge in [-0.05, 0) is 55.8 Å². The van der Waals surface area contributed by atoms with Crippen molar-refractivity contribution in [2.45, 2.75) is 25.8 Å². The molecule has 2 atom stereocenters. The number of carbonyl (C=O) groups excluding carboxylic acids is 2. The second kappa shape index (κ2) is 8.87. The number of amides is 2. The van der Waals surface area contributed by atoms with E-state index in [0.717, 1.165) is 11.3 Å². The molecule has 1 aliphatic heterocycles. The number of ether oxygens (including phenoxy) is 1. The van der Waals surface area contributed by atoms with Crippen LogP contribution in [0, 0.1) is 5.92 Å². The Labute approximate surface area is 177 Å². The molecule has 0 bridgehead atoms. The maximum absolute atomic E-state index is 13.2. The fourth-order valence-electron chi connectivity index (χ4n) is 3.72. The van der Waals surface area contributed by atoms with E-state index in [4.69, 9.17) is 16.3 Å². The Morgan fingerprint density at radius 3 is 2.45 bits per heavy atom. The van der Waals surface area contributed by atoms with Crippen LogP contribution in [0.1, 0.15) is 35.7 Å². The summed E-state index contributed by atoms with van der Waals surface area (Å²) >= 11 is 5.95. The molecule has 2 amide bonds. The van der Waals surface area contributed by atoms with Crippen molar-refractivity contribution in [3.05, 3.63) is 64.7 Å². The normalized spacial score (nSPS) is 18.8. The van der Waals surface area contributed by atoms with E-state index in [1.807, 2.05) is 45.2 Å². The number of methoxy groups -OCH3 is 1. The molecule has 2 aromatic carbocycles. The Morgan fingerprint density at radius 2 is 1.83 bits per heavy atom. The lowest BCUT2D eigenvalue weighted by Crippen LogP contribution is -2.40. The Kier molecular flexibility index (Phi) is 6.48. The lowest BCUT2D eigenvalue weighted by molar-refractivity contribution is -0.135. The van der Waals surface area contributed by atoms with Crippen LogP contribution >= 0.6 is 11.6 Å². The number of hydrogen-bond donors (Lipinski definition) is 0. The van der Waals surface area contributed by atoms with E-state index in [1.54, 1.807) is 41.2 Å². The van der Waals surface area contributed by atoms with E-state index in [0.29, 0.717) is 23.7 Å². The summed E-state index contributed by atoms with van der Waals surface area (Å²) in [6, 6.07) is 14.7. The highest BCUT2D eigenvalue weighted by molar-refractivity contribution is 6.30. The summed E-state index contributed by atoms with van der Waals surface area (Å²) in [5.74, 6) is 0.325. The van der Waals surface area contributed by atoms with Gasteiger partial charge < -0.3 is 14.5 Å². The molecule has 2 aromatic rings. The molecule has 0 radical (unpaired) electrons. The molecule has 154 valence electrons. The average molecular weight is 415 g/mol. The molecule has 0 aromatic heterocycles. The van der Waals surface area contributed by atoms with Crippen LogP contribution in [0.2, 0.25) is 5.02 Å². The number of benzene rings is 2. The molecule has 0 N–H and O–H groups in total. The van der Waals surface area contributed by atoms with Gasteiger partial charge in [-0.1, -0.05) is 23.7 Å². The first-order valence-corrected chi connectivity index (χ1v) is 10.1. The van der Waals surface area contributed by atoms with Gasteiger partial charge in [-0.3, -0.25) is 9.59 Å². The first-order valence-electron chi connectivity index (χ1n) is 9.77. The van der Waals surface area contributed by atoms with Gasteiger partial charge in [0.2, 0.25) is 5.91 Å². The highest BCUT2D eigenvalue weighted by Crippen LogP contribution is 2.36. The molecular weight excluding hydrogens is 388 g/mol. The Morgan fingerprint density at radius 1 is 1.14 bits per heavy atom. The molecule has 0 spiro atoms. The van der Waals surface area contributed by atoms with Crippen LogP contribution in [0.3, 0.4) is 0 Å². The van der Waals surface area contributed by atoms with E-state index >= 15 is 0 Å². The summed E-state index contributed by atoms with van der Waals surface area (Å²) in [6.45, 7) is 4.85. The van der Waals surface area contributed by atoms with Crippen LogP contribution in [0.15, 0.2) is 48.5 Å². The Balaban J connectivity index is 1.91. The van der Waals surface area contributed by atoms with Crippen molar-refractivity contribution in [3.8, 4) is 5.75 Å². The molecule has 3 rings (SSSR count). The summed E-state index contributed by atoms with van der Waals surface area (Å²) in [4.78, 5) is 29.8. The second-order valence-electron chi connectivity index (χ2n) is 7.75. The fourth-order valence-corrected chi connectivity index (χ4v) is 3.85. The molecule has 0 aliphatic carbocycles. The summed E-state index contributed by atoms with van der Waals surface area (Å²) in [7, 11) is 3.44. The van der Waals surface area contributed by atoms with Crippen molar-refractivity contribution in [3.63, 3.8) is 0 Å². The van der Waals surface area contributed by atoms with E-state index in [9.17, 15) is 9.59 Å². The zero-order valence-corrected chi connectivity index (χ0v) is 18.0. The number of hydrogen-bond acceptors (Lipinski definition) is 3. The summed E-state index contributed by atoms with van der Waals surface area (Å²) in [5.41, 5.74) is 1.58. The Hall–Kier alpha value is -2.53. The van der Waals surface area contributed by atoms with Gasteiger partial charge in [-0.15, -0.1) is 0 Å². The number of nitrogens with zero attached hydrogens (tertiary/aromatic N) is 2. The van der Waals surface area contributed by atoms with Crippen LogP contribution in [0.25, 0.3) is 0 Å². The van der Waals surface area contributed by atoms with E-state index in [2.05, 4.69) is 0 Å². The van der Waals surface area contributed by atoms with Crippen molar-refractivity contribution in [2.75, 3.05) is 27.2 Å². The van der Waals surface area contributed by atoms with Crippen molar-refractivity contribution >= 4 is 23.4 Å². The zero-order chi connectivity index (χ0) is 21.1. The Bertz CT molecular complexity index is 882. The molecule has 1 fully saturated rings. The third-order valence-electron chi connectivity index (χ3n) is 5.66. The van der Waals surface area contributed by atoms with Gasteiger partial charge in [0, 0.05) is 42.7 Å². The van der Waals surface area contributed by atoms with Crippen LogP contribution in [0.4, 0.5) is 0 Å². The monoisotopic (exact) mass is 414 g/mol. The standard InChI is InChI=1S/C23H27ClN2O3/c1-15(2)25(3)23(28)21-14-26(22(27)16-8-10-18(24)11-9-16)13-20(21)17-6-5-7-19(12-17)29-4/h5-12,15,20-21H,13-14H2,1-4H3. The average Bonchev–Trinajstić information content (AvgIpc) is 3.18. The molecule has 1 aliphatic rings. The van der Waals surface area contributed by atoms with Gasteiger partial charge in [-0.25, -0.2) is 0 Å². The van der Waals surface area contributed by atoms with Crippen molar-refractivity contribution < 1.29 is 14.3 Å².